The van der Waals surface area contributed by atoms with Crippen molar-refractivity contribution in [1.82, 2.24) is 5.32 Å². The molecule has 25 heavy (non-hydrogen) atoms. The molecule has 1 aliphatic heterocycles. The lowest BCUT2D eigenvalue weighted by molar-refractivity contribution is -0.116. The number of benzene rings is 2. The number of amides is 1. The molecule has 1 saturated heterocycles. The molecule has 1 aliphatic rings. The third-order valence-electron chi connectivity index (χ3n) is 3.59. The second kappa shape index (κ2) is 7.72. The van der Waals surface area contributed by atoms with Gasteiger partial charge in [0.25, 0.3) is 5.91 Å². The maximum atomic E-state index is 12.2. The first-order valence-corrected chi connectivity index (χ1v) is 8.78. The minimum Gasteiger partial charge on any atom is -0.497 e. The van der Waals surface area contributed by atoms with E-state index in [9.17, 15) is 4.79 Å². The first-order chi connectivity index (χ1) is 12.1. The van der Waals surface area contributed by atoms with Crippen LogP contribution in [-0.2, 0) is 4.79 Å². The first-order valence-electron chi connectivity index (χ1n) is 7.52. The number of hydrogen-bond donors (Lipinski definition) is 2. The van der Waals surface area contributed by atoms with Crippen molar-refractivity contribution in [1.29, 1.82) is 0 Å². The molecule has 0 aromatic heterocycles. The maximum absolute atomic E-state index is 12.2. The van der Waals surface area contributed by atoms with Crippen LogP contribution >= 0.6 is 23.4 Å². The summed E-state index contributed by atoms with van der Waals surface area (Å²) in [7, 11) is 3.21. The Morgan fingerprint density at radius 1 is 1.16 bits per heavy atom. The molecule has 0 saturated carbocycles. The van der Waals surface area contributed by atoms with Gasteiger partial charge in [0.1, 0.15) is 11.5 Å². The predicted octanol–water partition coefficient (Wildman–Crippen LogP) is 3.96. The van der Waals surface area contributed by atoms with Crippen molar-refractivity contribution >= 4 is 41.0 Å². The number of nitrogens with one attached hydrogen (secondary N) is 2. The number of rotatable bonds is 5. The zero-order valence-electron chi connectivity index (χ0n) is 13.7. The summed E-state index contributed by atoms with van der Waals surface area (Å²) in [5.74, 6) is 1.31. The molecule has 5 nitrogen and oxygen atoms in total. The van der Waals surface area contributed by atoms with Crippen LogP contribution in [0.5, 0.6) is 11.5 Å². The lowest BCUT2D eigenvalue weighted by Crippen LogP contribution is -2.31. The summed E-state index contributed by atoms with van der Waals surface area (Å²) in [4.78, 5) is 12.8. The van der Waals surface area contributed by atoms with Crippen LogP contribution in [0.25, 0.3) is 6.08 Å². The summed E-state index contributed by atoms with van der Waals surface area (Å²) < 4.78 is 10.4. The summed E-state index contributed by atoms with van der Waals surface area (Å²) >= 11 is 7.44. The number of methoxy groups -OCH3 is 2. The molecule has 0 spiro atoms. The maximum Gasteiger partial charge on any atom is 0.260 e. The summed E-state index contributed by atoms with van der Waals surface area (Å²) in [6, 6.07) is 12.8. The molecule has 0 bridgehead atoms. The van der Waals surface area contributed by atoms with Gasteiger partial charge < -0.3 is 20.1 Å². The van der Waals surface area contributed by atoms with Crippen LogP contribution in [0.2, 0.25) is 5.02 Å². The Balaban J connectivity index is 1.74. The average Bonchev–Trinajstić information content (AvgIpc) is 2.95. The van der Waals surface area contributed by atoms with E-state index in [2.05, 4.69) is 10.6 Å². The van der Waals surface area contributed by atoms with E-state index in [-0.39, 0.29) is 11.4 Å². The van der Waals surface area contributed by atoms with E-state index in [4.69, 9.17) is 21.1 Å². The van der Waals surface area contributed by atoms with E-state index in [1.54, 1.807) is 32.4 Å². The monoisotopic (exact) mass is 376 g/mol. The Kier molecular flexibility index (Phi) is 5.40. The van der Waals surface area contributed by atoms with Crippen molar-refractivity contribution < 1.29 is 14.3 Å². The SMILES string of the molecule is COc1ccc(/C=C2\SC(Nc3cc(Cl)ccc3OC)NC2=O)cc1. The van der Waals surface area contributed by atoms with Crippen LogP contribution in [-0.4, -0.2) is 25.6 Å². The van der Waals surface area contributed by atoms with Gasteiger partial charge in [-0.05, 0) is 42.0 Å². The summed E-state index contributed by atoms with van der Waals surface area (Å²) in [5, 5.41) is 6.70. The van der Waals surface area contributed by atoms with Crippen LogP contribution in [0.1, 0.15) is 5.56 Å². The standard InChI is InChI=1S/C18H17ClN2O3S/c1-23-13-6-3-11(4-7-13)9-16-17(22)21-18(25-16)20-14-10-12(19)5-8-15(14)24-2/h3-10,18,20H,1-2H3,(H,21,22)/b16-9-. The number of thioether (sulfide) groups is 1. The summed E-state index contributed by atoms with van der Waals surface area (Å²) in [5.41, 5.74) is 1.35. The quantitative estimate of drug-likeness (QED) is 0.773. The van der Waals surface area contributed by atoms with Gasteiger partial charge in [-0.25, -0.2) is 0 Å². The van der Waals surface area contributed by atoms with Crippen molar-refractivity contribution in [2.24, 2.45) is 0 Å². The van der Waals surface area contributed by atoms with Gasteiger partial charge in [-0.3, -0.25) is 4.79 Å². The van der Waals surface area contributed by atoms with E-state index in [1.807, 2.05) is 30.3 Å². The number of carbonyl (C=O) groups excluding carboxylic acids is 1. The van der Waals surface area contributed by atoms with Crippen molar-refractivity contribution in [3.05, 3.63) is 58.0 Å². The number of carbonyl (C=O) groups is 1. The van der Waals surface area contributed by atoms with Crippen LogP contribution in [0.3, 0.4) is 0 Å². The van der Waals surface area contributed by atoms with Gasteiger partial charge >= 0.3 is 0 Å². The fourth-order valence-corrected chi connectivity index (χ4v) is 3.50. The molecule has 0 radical (unpaired) electrons. The van der Waals surface area contributed by atoms with E-state index >= 15 is 0 Å². The van der Waals surface area contributed by atoms with Crippen molar-refractivity contribution in [3.63, 3.8) is 0 Å². The molecule has 2 aromatic carbocycles. The van der Waals surface area contributed by atoms with Gasteiger partial charge in [0.2, 0.25) is 0 Å². The molecule has 1 heterocycles. The normalized spacial score (nSPS) is 18.1. The van der Waals surface area contributed by atoms with E-state index in [0.717, 1.165) is 17.0 Å². The average molecular weight is 377 g/mol. The molecule has 1 amide bonds. The number of anilines is 1. The van der Waals surface area contributed by atoms with Gasteiger partial charge in [0, 0.05) is 5.02 Å². The van der Waals surface area contributed by atoms with Crippen molar-refractivity contribution in [2.45, 2.75) is 5.50 Å². The Bertz CT molecular complexity index is 808. The lowest BCUT2D eigenvalue weighted by Gasteiger charge is -2.15. The van der Waals surface area contributed by atoms with Crippen molar-refractivity contribution in [2.75, 3.05) is 19.5 Å². The molecular formula is C18H17ClN2O3S. The Hall–Kier alpha value is -2.31. The van der Waals surface area contributed by atoms with Crippen LogP contribution in [0, 0.1) is 0 Å². The van der Waals surface area contributed by atoms with Gasteiger partial charge in [0.05, 0.1) is 24.8 Å². The van der Waals surface area contributed by atoms with Gasteiger partial charge in [-0.15, -0.1) is 0 Å². The highest BCUT2D eigenvalue weighted by Gasteiger charge is 2.27. The predicted molar refractivity (Wildman–Crippen MR) is 102 cm³/mol. The number of hydrogen-bond acceptors (Lipinski definition) is 5. The second-order valence-electron chi connectivity index (χ2n) is 5.24. The lowest BCUT2D eigenvalue weighted by atomic mass is 10.2. The van der Waals surface area contributed by atoms with E-state index in [1.165, 1.54) is 11.8 Å². The molecular weight excluding hydrogens is 360 g/mol. The van der Waals surface area contributed by atoms with Gasteiger partial charge in [0.15, 0.2) is 5.50 Å². The summed E-state index contributed by atoms with van der Waals surface area (Å²) in [6.45, 7) is 0. The van der Waals surface area contributed by atoms with E-state index < -0.39 is 0 Å². The third-order valence-corrected chi connectivity index (χ3v) is 4.86. The molecule has 2 aromatic rings. The molecule has 1 fully saturated rings. The Morgan fingerprint density at radius 3 is 2.60 bits per heavy atom. The topological polar surface area (TPSA) is 59.6 Å². The highest BCUT2D eigenvalue weighted by molar-refractivity contribution is 8.05. The zero-order chi connectivity index (χ0) is 17.8. The summed E-state index contributed by atoms with van der Waals surface area (Å²) in [6.07, 6.45) is 1.84. The Morgan fingerprint density at radius 2 is 1.92 bits per heavy atom. The second-order valence-corrected chi connectivity index (χ2v) is 6.83. The van der Waals surface area contributed by atoms with Gasteiger partial charge in [-0.1, -0.05) is 35.5 Å². The van der Waals surface area contributed by atoms with Crippen LogP contribution < -0.4 is 20.1 Å². The molecule has 130 valence electrons. The van der Waals surface area contributed by atoms with Gasteiger partial charge in [-0.2, -0.15) is 0 Å². The molecule has 3 rings (SSSR count). The zero-order valence-corrected chi connectivity index (χ0v) is 15.3. The number of halogens is 1. The Labute approximate surface area is 155 Å². The minimum atomic E-state index is -0.302. The van der Waals surface area contributed by atoms with Crippen molar-refractivity contribution in [3.8, 4) is 11.5 Å². The fourth-order valence-electron chi connectivity index (χ4n) is 2.35. The van der Waals surface area contributed by atoms with Crippen LogP contribution in [0.4, 0.5) is 5.69 Å². The highest BCUT2D eigenvalue weighted by Crippen LogP contribution is 2.34. The number of ether oxygens (including phenoxy) is 2. The fraction of sp³-hybridized carbons (Fsp3) is 0.167. The smallest absolute Gasteiger partial charge is 0.260 e. The minimum absolute atomic E-state index is 0.126. The molecule has 1 unspecified atom stereocenters. The molecule has 2 N–H and O–H groups in total. The molecule has 1 atom stereocenters. The largest absolute Gasteiger partial charge is 0.497 e. The first kappa shape index (κ1) is 17.5. The van der Waals surface area contributed by atoms with Crippen LogP contribution in [0.15, 0.2) is 47.4 Å². The molecule has 7 heteroatoms. The third kappa shape index (κ3) is 4.21. The highest BCUT2D eigenvalue weighted by atomic mass is 35.5. The molecule has 0 aliphatic carbocycles. The van der Waals surface area contributed by atoms with E-state index in [0.29, 0.717) is 15.7 Å².